The van der Waals surface area contributed by atoms with Crippen LogP contribution < -0.4 is 11.1 Å². The summed E-state index contributed by atoms with van der Waals surface area (Å²) in [6.07, 6.45) is 9.74. The van der Waals surface area contributed by atoms with Crippen molar-refractivity contribution in [2.24, 2.45) is 5.73 Å². The van der Waals surface area contributed by atoms with Crippen molar-refractivity contribution in [3.63, 3.8) is 0 Å². The lowest BCUT2D eigenvalue weighted by Crippen LogP contribution is -2.64. The van der Waals surface area contributed by atoms with Crippen molar-refractivity contribution in [1.29, 1.82) is 0 Å². The molecule has 2 rings (SSSR count). The molecule has 0 bridgehead atoms. The molecule has 2 aliphatic carbocycles. The summed E-state index contributed by atoms with van der Waals surface area (Å²) in [6.45, 7) is 0. The SMILES string of the molecule is CS(=O)(=O)C1CCCC1(NC1CCCCCC1)C(N)=O. The van der Waals surface area contributed by atoms with E-state index in [2.05, 4.69) is 5.32 Å². The second-order valence-electron chi connectivity index (χ2n) is 6.38. The van der Waals surface area contributed by atoms with E-state index >= 15 is 0 Å². The van der Waals surface area contributed by atoms with Gasteiger partial charge in [0, 0.05) is 12.3 Å². The minimum Gasteiger partial charge on any atom is -0.368 e. The molecule has 3 N–H and O–H groups in total. The Labute approximate surface area is 121 Å². The van der Waals surface area contributed by atoms with E-state index in [9.17, 15) is 13.2 Å². The molecule has 116 valence electrons. The molecule has 0 saturated heterocycles. The highest BCUT2D eigenvalue weighted by Gasteiger charge is 2.53. The van der Waals surface area contributed by atoms with Crippen LogP contribution in [0.15, 0.2) is 0 Å². The predicted octanol–water partition coefficient (Wildman–Crippen LogP) is 1.12. The van der Waals surface area contributed by atoms with Gasteiger partial charge in [0.05, 0.1) is 5.25 Å². The molecular weight excluding hydrogens is 276 g/mol. The molecule has 0 aromatic rings. The highest BCUT2D eigenvalue weighted by atomic mass is 32.2. The number of carbonyl (C=O) groups excluding carboxylic acids is 1. The van der Waals surface area contributed by atoms with E-state index in [1.54, 1.807) is 0 Å². The number of nitrogens with two attached hydrogens (primary N) is 1. The molecule has 20 heavy (non-hydrogen) atoms. The van der Waals surface area contributed by atoms with Crippen LogP contribution in [0.4, 0.5) is 0 Å². The van der Waals surface area contributed by atoms with Crippen LogP contribution in [-0.2, 0) is 14.6 Å². The summed E-state index contributed by atoms with van der Waals surface area (Å²) in [4.78, 5) is 12.0. The number of amides is 1. The summed E-state index contributed by atoms with van der Waals surface area (Å²) in [5, 5.41) is 2.70. The Morgan fingerprint density at radius 1 is 1.10 bits per heavy atom. The average molecular weight is 302 g/mol. The van der Waals surface area contributed by atoms with Gasteiger partial charge in [-0.2, -0.15) is 0 Å². The number of carbonyl (C=O) groups is 1. The lowest BCUT2D eigenvalue weighted by molar-refractivity contribution is -0.124. The van der Waals surface area contributed by atoms with Crippen LogP contribution in [0, 0.1) is 0 Å². The fourth-order valence-electron chi connectivity index (χ4n) is 3.86. The third-order valence-corrected chi connectivity index (χ3v) is 6.53. The van der Waals surface area contributed by atoms with Crippen molar-refractivity contribution in [1.82, 2.24) is 5.32 Å². The number of nitrogens with one attached hydrogen (secondary N) is 1. The van der Waals surface area contributed by atoms with Gasteiger partial charge in [-0.25, -0.2) is 8.42 Å². The lowest BCUT2D eigenvalue weighted by Gasteiger charge is -2.36. The van der Waals surface area contributed by atoms with E-state index in [0.717, 1.165) is 32.1 Å². The van der Waals surface area contributed by atoms with Gasteiger partial charge in [-0.05, 0) is 32.1 Å². The molecule has 2 fully saturated rings. The maximum absolute atomic E-state index is 12.0. The highest BCUT2D eigenvalue weighted by Crippen LogP contribution is 2.36. The summed E-state index contributed by atoms with van der Waals surface area (Å²) in [7, 11) is -3.28. The third kappa shape index (κ3) is 3.17. The quantitative estimate of drug-likeness (QED) is 0.762. The van der Waals surface area contributed by atoms with Gasteiger partial charge >= 0.3 is 0 Å². The zero-order valence-electron chi connectivity index (χ0n) is 12.2. The Morgan fingerprint density at radius 3 is 2.20 bits per heavy atom. The first-order valence-corrected chi connectivity index (χ1v) is 9.58. The van der Waals surface area contributed by atoms with Gasteiger partial charge in [0.25, 0.3) is 0 Å². The zero-order valence-corrected chi connectivity index (χ0v) is 13.0. The first-order valence-electron chi connectivity index (χ1n) is 7.63. The van der Waals surface area contributed by atoms with Crippen LogP contribution in [-0.4, -0.2) is 37.4 Å². The average Bonchev–Trinajstić information content (AvgIpc) is 2.62. The Balaban J connectivity index is 2.23. The number of primary amides is 1. The van der Waals surface area contributed by atoms with E-state index in [1.807, 2.05) is 0 Å². The summed E-state index contributed by atoms with van der Waals surface area (Å²) >= 11 is 0. The molecule has 2 aliphatic rings. The molecule has 5 nitrogen and oxygen atoms in total. The van der Waals surface area contributed by atoms with Crippen LogP contribution in [0.5, 0.6) is 0 Å². The van der Waals surface area contributed by atoms with Gasteiger partial charge in [0.15, 0.2) is 9.84 Å². The predicted molar refractivity (Wildman–Crippen MR) is 79.0 cm³/mol. The second kappa shape index (κ2) is 6.02. The minimum absolute atomic E-state index is 0.215. The normalized spacial score (nSPS) is 33.0. The monoisotopic (exact) mass is 302 g/mol. The third-order valence-electron chi connectivity index (χ3n) is 4.86. The Hall–Kier alpha value is -0.620. The van der Waals surface area contributed by atoms with E-state index in [1.165, 1.54) is 19.1 Å². The van der Waals surface area contributed by atoms with Crippen LogP contribution in [0.1, 0.15) is 57.8 Å². The highest BCUT2D eigenvalue weighted by molar-refractivity contribution is 7.91. The smallest absolute Gasteiger partial charge is 0.239 e. The summed E-state index contributed by atoms with van der Waals surface area (Å²) < 4.78 is 24.0. The van der Waals surface area contributed by atoms with Crippen molar-refractivity contribution in [3.05, 3.63) is 0 Å². The molecule has 1 amide bonds. The lowest BCUT2D eigenvalue weighted by atomic mass is 9.93. The molecular formula is C14H26N2O3S. The van der Waals surface area contributed by atoms with Crippen molar-refractivity contribution >= 4 is 15.7 Å². The fraction of sp³-hybridized carbons (Fsp3) is 0.929. The largest absolute Gasteiger partial charge is 0.368 e. The van der Waals surface area contributed by atoms with E-state index < -0.39 is 26.5 Å². The van der Waals surface area contributed by atoms with Gasteiger partial charge < -0.3 is 5.73 Å². The Bertz CT molecular complexity index is 455. The number of rotatable bonds is 4. The molecule has 2 atom stereocenters. The van der Waals surface area contributed by atoms with Gasteiger partial charge in [-0.15, -0.1) is 0 Å². The molecule has 0 radical (unpaired) electrons. The summed E-state index contributed by atoms with van der Waals surface area (Å²) in [5.41, 5.74) is 4.56. The first kappa shape index (κ1) is 15.8. The molecule has 0 spiro atoms. The molecule has 0 heterocycles. The molecule has 0 aliphatic heterocycles. The first-order chi connectivity index (χ1) is 9.36. The fourth-order valence-corrected chi connectivity index (χ4v) is 5.49. The summed E-state index contributed by atoms with van der Waals surface area (Å²) in [6, 6.07) is 0.215. The van der Waals surface area contributed by atoms with Crippen molar-refractivity contribution in [2.75, 3.05) is 6.26 Å². The van der Waals surface area contributed by atoms with E-state index in [4.69, 9.17) is 5.73 Å². The van der Waals surface area contributed by atoms with Gasteiger partial charge in [0.1, 0.15) is 5.54 Å². The maximum Gasteiger partial charge on any atom is 0.239 e. The van der Waals surface area contributed by atoms with Crippen molar-refractivity contribution in [3.8, 4) is 0 Å². The van der Waals surface area contributed by atoms with Crippen molar-refractivity contribution < 1.29 is 13.2 Å². The van der Waals surface area contributed by atoms with Gasteiger partial charge in [0.2, 0.25) is 5.91 Å². The summed E-state index contributed by atoms with van der Waals surface area (Å²) in [5.74, 6) is -0.505. The van der Waals surface area contributed by atoms with Gasteiger partial charge in [-0.3, -0.25) is 10.1 Å². The minimum atomic E-state index is -3.28. The van der Waals surface area contributed by atoms with E-state index in [-0.39, 0.29) is 6.04 Å². The number of hydrogen-bond donors (Lipinski definition) is 2. The van der Waals surface area contributed by atoms with Crippen LogP contribution in [0.2, 0.25) is 0 Å². The molecule has 6 heteroatoms. The maximum atomic E-state index is 12.0. The molecule has 0 aromatic carbocycles. The number of sulfone groups is 1. The van der Waals surface area contributed by atoms with E-state index in [0.29, 0.717) is 12.8 Å². The zero-order chi connectivity index (χ0) is 14.8. The van der Waals surface area contributed by atoms with Crippen LogP contribution in [0.25, 0.3) is 0 Å². The van der Waals surface area contributed by atoms with Crippen molar-refractivity contribution in [2.45, 2.75) is 74.6 Å². The number of hydrogen-bond acceptors (Lipinski definition) is 4. The molecule has 2 saturated carbocycles. The topological polar surface area (TPSA) is 89.3 Å². The van der Waals surface area contributed by atoms with Gasteiger partial charge in [-0.1, -0.05) is 25.7 Å². The Kier molecular flexibility index (Phi) is 4.74. The Morgan fingerprint density at radius 2 is 1.70 bits per heavy atom. The van der Waals surface area contributed by atoms with Crippen LogP contribution in [0.3, 0.4) is 0 Å². The standard InChI is InChI=1S/C14H26N2O3S/c1-20(18,19)12-9-6-10-14(12,13(15)17)16-11-7-4-2-3-5-8-11/h11-12,16H,2-10H2,1H3,(H2,15,17). The molecule has 2 unspecified atom stereocenters. The van der Waals surface area contributed by atoms with Crippen LogP contribution >= 0.6 is 0 Å². The second-order valence-corrected chi connectivity index (χ2v) is 8.61. The molecule has 0 aromatic heterocycles.